The zero-order valence-corrected chi connectivity index (χ0v) is 12.5. The van der Waals surface area contributed by atoms with E-state index >= 15 is 0 Å². The normalized spacial score (nSPS) is 10.3. The van der Waals surface area contributed by atoms with Crippen LogP contribution in [0.25, 0.3) is 0 Å². The average Bonchev–Trinajstić information content (AvgIpc) is 3.00. The van der Waals surface area contributed by atoms with Crippen LogP contribution in [-0.4, -0.2) is 16.1 Å². The van der Waals surface area contributed by atoms with Crippen LogP contribution in [0.5, 0.6) is 5.75 Å². The summed E-state index contributed by atoms with van der Waals surface area (Å²) < 4.78 is 10.8. The van der Waals surface area contributed by atoms with Gasteiger partial charge in [0.15, 0.2) is 6.61 Å². The van der Waals surface area contributed by atoms with Crippen molar-refractivity contribution in [2.45, 2.75) is 13.5 Å². The SMILES string of the molecule is Cc1nnc(COc2ccc(NC(=O)c3ccccc3)cc2)o1. The Bertz CT molecular complexity index is 782. The predicted octanol–water partition coefficient (Wildman–Crippen LogP) is 3.21. The van der Waals surface area contributed by atoms with E-state index in [2.05, 4.69) is 15.5 Å². The molecule has 0 aliphatic carbocycles. The fraction of sp³-hybridized carbons (Fsp3) is 0.118. The number of nitrogens with zero attached hydrogens (tertiary/aromatic N) is 2. The van der Waals surface area contributed by atoms with E-state index in [1.165, 1.54) is 0 Å². The molecule has 0 saturated carbocycles. The quantitative estimate of drug-likeness (QED) is 0.783. The van der Waals surface area contributed by atoms with Crippen molar-refractivity contribution in [1.82, 2.24) is 10.2 Å². The molecule has 1 N–H and O–H groups in total. The van der Waals surface area contributed by atoms with Gasteiger partial charge in [-0.3, -0.25) is 4.79 Å². The third-order valence-corrected chi connectivity index (χ3v) is 3.08. The molecule has 0 radical (unpaired) electrons. The summed E-state index contributed by atoms with van der Waals surface area (Å²) in [5.74, 6) is 1.42. The molecule has 6 nitrogen and oxygen atoms in total. The van der Waals surface area contributed by atoms with E-state index in [0.717, 1.165) is 0 Å². The molecule has 0 aliphatic heterocycles. The standard InChI is InChI=1S/C17H15N3O3/c1-12-19-20-16(23-12)11-22-15-9-7-14(8-10-15)18-17(21)13-5-3-2-4-6-13/h2-10H,11H2,1H3,(H,18,21). The van der Waals surface area contributed by atoms with Crippen molar-refractivity contribution < 1.29 is 13.9 Å². The van der Waals surface area contributed by atoms with Crippen LogP contribution < -0.4 is 10.1 Å². The monoisotopic (exact) mass is 309 g/mol. The molecule has 1 amide bonds. The molecule has 2 aromatic carbocycles. The molecule has 0 saturated heterocycles. The molecule has 0 atom stereocenters. The van der Waals surface area contributed by atoms with Crippen molar-refractivity contribution in [1.29, 1.82) is 0 Å². The van der Waals surface area contributed by atoms with Gasteiger partial charge in [0.25, 0.3) is 11.8 Å². The Morgan fingerprint density at radius 2 is 1.83 bits per heavy atom. The summed E-state index contributed by atoms with van der Waals surface area (Å²) in [5, 5.41) is 10.4. The molecular weight excluding hydrogens is 294 g/mol. The lowest BCUT2D eigenvalue weighted by Gasteiger charge is -2.07. The third kappa shape index (κ3) is 3.94. The Morgan fingerprint density at radius 3 is 2.48 bits per heavy atom. The first-order valence-electron chi connectivity index (χ1n) is 7.09. The van der Waals surface area contributed by atoms with Crippen LogP contribution >= 0.6 is 0 Å². The predicted molar refractivity (Wildman–Crippen MR) is 84.2 cm³/mol. The fourth-order valence-corrected chi connectivity index (χ4v) is 1.97. The Balaban J connectivity index is 1.57. The Hall–Kier alpha value is -3.15. The number of amides is 1. The molecule has 23 heavy (non-hydrogen) atoms. The summed E-state index contributed by atoms with van der Waals surface area (Å²) in [6.45, 7) is 1.93. The number of anilines is 1. The molecule has 6 heteroatoms. The van der Waals surface area contributed by atoms with E-state index < -0.39 is 0 Å². The summed E-state index contributed by atoms with van der Waals surface area (Å²) in [6.07, 6.45) is 0. The van der Waals surface area contributed by atoms with E-state index in [0.29, 0.717) is 28.8 Å². The zero-order valence-electron chi connectivity index (χ0n) is 12.5. The van der Waals surface area contributed by atoms with Gasteiger partial charge in [-0.2, -0.15) is 0 Å². The minimum Gasteiger partial charge on any atom is -0.484 e. The molecule has 3 rings (SSSR count). The van der Waals surface area contributed by atoms with Gasteiger partial charge in [-0.15, -0.1) is 10.2 Å². The van der Waals surface area contributed by atoms with Crippen LogP contribution in [0.4, 0.5) is 5.69 Å². The maximum absolute atomic E-state index is 12.0. The minimum absolute atomic E-state index is 0.152. The number of benzene rings is 2. The van der Waals surface area contributed by atoms with Crippen LogP contribution in [0.15, 0.2) is 59.0 Å². The number of ether oxygens (including phenoxy) is 1. The molecule has 0 fully saturated rings. The van der Waals surface area contributed by atoms with Crippen molar-refractivity contribution in [3.63, 3.8) is 0 Å². The minimum atomic E-state index is -0.152. The lowest BCUT2D eigenvalue weighted by atomic mass is 10.2. The van der Waals surface area contributed by atoms with E-state index in [4.69, 9.17) is 9.15 Å². The molecule has 0 unspecified atom stereocenters. The number of aryl methyl sites for hydroxylation is 1. The van der Waals surface area contributed by atoms with E-state index in [9.17, 15) is 4.79 Å². The van der Waals surface area contributed by atoms with Crippen LogP contribution in [-0.2, 0) is 6.61 Å². The molecule has 0 spiro atoms. The summed E-state index contributed by atoms with van der Waals surface area (Å²) >= 11 is 0. The smallest absolute Gasteiger partial charge is 0.255 e. The first kappa shape index (κ1) is 14.8. The second-order valence-electron chi connectivity index (χ2n) is 4.85. The largest absolute Gasteiger partial charge is 0.484 e. The van der Waals surface area contributed by atoms with Crippen LogP contribution in [0, 0.1) is 6.92 Å². The highest BCUT2D eigenvalue weighted by Gasteiger charge is 2.06. The first-order valence-corrected chi connectivity index (χ1v) is 7.09. The number of nitrogens with one attached hydrogen (secondary N) is 1. The molecule has 0 bridgehead atoms. The highest BCUT2D eigenvalue weighted by molar-refractivity contribution is 6.04. The maximum Gasteiger partial charge on any atom is 0.255 e. The molecular formula is C17H15N3O3. The van der Waals surface area contributed by atoms with Crippen molar-refractivity contribution in [2.24, 2.45) is 0 Å². The Kier molecular flexibility index (Phi) is 4.33. The highest BCUT2D eigenvalue weighted by atomic mass is 16.5. The van der Waals surface area contributed by atoms with Gasteiger partial charge in [0.05, 0.1) is 0 Å². The van der Waals surface area contributed by atoms with Crippen molar-refractivity contribution >= 4 is 11.6 Å². The van der Waals surface area contributed by atoms with Gasteiger partial charge >= 0.3 is 0 Å². The fourth-order valence-electron chi connectivity index (χ4n) is 1.97. The molecule has 1 aromatic heterocycles. The van der Waals surface area contributed by atoms with Gasteiger partial charge in [-0.1, -0.05) is 18.2 Å². The van der Waals surface area contributed by atoms with Crippen LogP contribution in [0.3, 0.4) is 0 Å². The summed E-state index contributed by atoms with van der Waals surface area (Å²) in [4.78, 5) is 12.0. The topological polar surface area (TPSA) is 77.3 Å². The van der Waals surface area contributed by atoms with E-state index in [1.807, 2.05) is 18.2 Å². The van der Waals surface area contributed by atoms with Crippen LogP contribution in [0.2, 0.25) is 0 Å². The van der Waals surface area contributed by atoms with Crippen molar-refractivity contribution in [3.05, 3.63) is 71.9 Å². The van der Waals surface area contributed by atoms with E-state index in [-0.39, 0.29) is 12.5 Å². The number of hydrogen-bond donors (Lipinski definition) is 1. The Labute approximate surface area is 133 Å². The number of carbonyl (C=O) groups is 1. The average molecular weight is 309 g/mol. The van der Waals surface area contributed by atoms with Crippen molar-refractivity contribution in [3.8, 4) is 5.75 Å². The lowest BCUT2D eigenvalue weighted by Crippen LogP contribution is -2.11. The van der Waals surface area contributed by atoms with Crippen molar-refractivity contribution in [2.75, 3.05) is 5.32 Å². The number of hydrogen-bond acceptors (Lipinski definition) is 5. The summed E-state index contributed by atoms with van der Waals surface area (Å²) in [6, 6.07) is 16.1. The number of aromatic nitrogens is 2. The number of carbonyl (C=O) groups excluding carboxylic acids is 1. The molecule has 1 heterocycles. The number of rotatable bonds is 5. The highest BCUT2D eigenvalue weighted by Crippen LogP contribution is 2.17. The molecule has 0 aliphatic rings. The summed E-state index contributed by atoms with van der Waals surface area (Å²) in [5.41, 5.74) is 1.31. The molecule has 116 valence electrons. The van der Waals surface area contributed by atoms with E-state index in [1.54, 1.807) is 43.3 Å². The zero-order chi connectivity index (χ0) is 16.1. The van der Waals surface area contributed by atoms with Gasteiger partial charge in [-0.25, -0.2) is 0 Å². The lowest BCUT2D eigenvalue weighted by molar-refractivity contribution is 0.102. The molecule has 3 aromatic rings. The first-order chi connectivity index (χ1) is 11.2. The van der Waals surface area contributed by atoms with Crippen LogP contribution in [0.1, 0.15) is 22.1 Å². The second-order valence-corrected chi connectivity index (χ2v) is 4.85. The second kappa shape index (κ2) is 6.74. The van der Waals surface area contributed by atoms with Gasteiger partial charge in [0.2, 0.25) is 5.89 Å². The van der Waals surface area contributed by atoms with Gasteiger partial charge in [-0.05, 0) is 36.4 Å². The Morgan fingerprint density at radius 1 is 1.09 bits per heavy atom. The van der Waals surface area contributed by atoms with Gasteiger partial charge in [0, 0.05) is 18.2 Å². The summed E-state index contributed by atoms with van der Waals surface area (Å²) in [7, 11) is 0. The van der Waals surface area contributed by atoms with Gasteiger partial charge in [0.1, 0.15) is 5.75 Å². The maximum atomic E-state index is 12.0. The third-order valence-electron chi connectivity index (χ3n) is 3.08. The van der Waals surface area contributed by atoms with Gasteiger partial charge < -0.3 is 14.5 Å².